The molecule has 0 fully saturated rings. The van der Waals surface area contributed by atoms with Crippen LogP contribution in [0.3, 0.4) is 0 Å². The number of amides is 1. The fourth-order valence-corrected chi connectivity index (χ4v) is 1.82. The molecular formula is C15H17ClN2O. The van der Waals surface area contributed by atoms with Gasteiger partial charge in [-0.15, -0.1) is 12.4 Å². The summed E-state index contributed by atoms with van der Waals surface area (Å²) < 4.78 is 0. The fourth-order valence-electron chi connectivity index (χ4n) is 1.82. The normalized spacial score (nSPS) is 11.4. The van der Waals surface area contributed by atoms with E-state index in [4.69, 9.17) is 11.5 Å². The first-order chi connectivity index (χ1) is 8.66. The molecule has 0 radical (unpaired) electrons. The van der Waals surface area contributed by atoms with E-state index in [1.165, 1.54) is 5.56 Å². The van der Waals surface area contributed by atoms with Crippen LogP contribution in [0.25, 0.3) is 11.1 Å². The van der Waals surface area contributed by atoms with Gasteiger partial charge in [0, 0.05) is 0 Å². The van der Waals surface area contributed by atoms with E-state index < -0.39 is 11.9 Å². The molecule has 0 unspecified atom stereocenters. The lowest BCUT2D eigenvalue weighted by atomic mass is 10.0. The number of hydrogen-bond donors (Lipinski definition) is 2. The zero-order chi connectivity index (χ0) is 13.0. The molecule has 2 aromatic carbocycles. The molecule has 0 aliphatic heterocycles. The summed E-state index contributed by atoms with van der Waals surface area (Å²) >= 11 is 0. The first kappa shape index (κ1) is 15.2. The van der Waals surface area contributed by atoms with Crippen molar-refractivity contribution >= 4 is 18.3 Å². The highest BCUT2D eigenvalue weighted by Crippen LogP contribution is 2.19. The van der Waals surface area contributed by atoms with Gasteiger partial charge >= 0.3 is 0 Å². The third kappa shape index (κ3) is 4.09. The van der Waals surface area contributed by atoms with E-state index in [-0.39, 0.29) is 12.4 Å². The Labute approximate surface area is 119 Å². The standard InChI is InChI=1S/C15H16N2O.ClH/c16-14(15(17)18)10-11-6-8-13(9-7-11)12-4-2-1-3-5-12;/h1-9,14H,10,16H2,(H2,17,18);1H/t14-;/m1./s1. The van der Waals surface area contributed by atoms with E-state index in [0.717, 1.165) is 11.1 Å². The first-order valence-electron chi connectivity index (χ1n) is 5.86. The van der Waals surface area contributed by atoms with Crippen LogP contribution in [0.15, 0.2) is 54.6 Å². The molecule has 2 rings (SSSR count). The molecule has 1 atom stereocenters. The van der Waals surface area contributed by atoms with Gasteiger partial charge in [-0.1, -0.05) is 54.6 Å². The lowest BCUT2D eigenvalue weighted by Gasteiger charge is -2.08. The number of halogens is 1. The van der Waals surface area contributed by atoms with Crippen LogP contribution in [-0.4, -0.2) is 11.9 Å². The minimum absolute atomic E-state index is 0. The average molecular weight is 277 g/mol. The number of primary amides is 1. The summed E-state index contributed by atoms with van der Waals surface area (Å²) in [5.41, 5.74) is 14.1. The van der Waals surface area contributed by atoms with Crippen molar-refractivity contribution in [2.45, 2.75) is 12.5 Å². The molecule has 4 heteroatoms. The Bertz CT molecular complexity index is 526. The second kappa shape index (κ2) is 6.92. The lowest BCUT2D eigenvalue weighted by Crippen LogP contribution is -2.38. The molecule has 0 saturated carbocycles. The van der Waals surface area contributed by atoms with E-state index in [9.17, 15) is 4.79 Å². The number of benzene rings is 2. The first-order valence-corrected chi connectivity index (χ1v) is 5.86. The smallest absolute Gasteiger partial charge is 0.234 e. The topological polar surface area (TPSA) is 69.1 Å². The molecule has 0 spiro atoms. The van der Waals surface area contributed by atoms with Crippen LogP contribution in [0.1, 0.15) is 5.56 Å². The van der Waals surface area contributed by atoms with Gasteiger partial charge in [-0.3, -0.25) is 4.79 Å². The second-order valence-corrected chi connectivity index (χ2v) is 4.28. The van der Waals surface area contributed by atoms with Crippen LogP contribution in [0.4, 0.5) is 0 Å². The van der Waals surface area contributed by atoms with Crippen molar-refractivity contribution in [3.05, 3.63) is 60.2 Å². The third-order valence-electron chi connectivity index (χ3n) is 2.88. The Hall–Kier alpha value is -1.84. The van der Waals surface area contributed by atoms with Crippen LogP contribution in [0, 0.1) is 0 Å². The van der Waals surface area contributed by atoms with Crippen molar-refractivity contribution in [3.63, 3.8) is 0 Å². The Kier molecular flexibility index (Phi) is 5.55. The predicted molar refractivity (Wildman–Crippen MR) is 80.0 cm³/mol. The maximum Gasteiger partial charge on any atom is 0.234 e. The highest BCUT2D eigenvalue weighted by Gasteiger charge is 2.09. The Balaban J connectivity index is 0.00000180. The third-order valence-corrected chi connectivity index (χ3v) is 2.88. The van der Waals surface area contributed by atoms with Gasteiger partial charge in [-0.2, -0.15) is 0 Å². The number of rotatable bonds is 4. The number of carbonyl (C=O) groups excluding carboxylic acids is 1. The quantitative estimate of drug-likeness (QED) is 0.898. The zero-order valence-corrected chi connectivity index (χ0v) is 11.3. The molecule has 4 N–H and O–H groups in total. The Morgan fingerprint density at radius 2 is 1.47 bits per heavy atom. The van der Waals surface area contributed by atoms with Crippen molar-refractivity contribution < 1.29 is 4.79 Å². The maximum atomic E-state index is 10.9. The van der Waals surface area contributed by atoms with Gasteiger partial charge in [-0.05, 0) is 23.1 Å². The summed E-state index contributed by atoms with van der Waals surface area (Å²) in [6, 6.07) is 17.5. The molecule has 0 saturated heterocycles. The van der Waals surface area contributed by atoms with E-state index >= 15 is 0 Å². The fraction of sp³-hybridized carbons (Fsp3) is 0.133. The summed E-state index contributed by atoms with van der Waals surface area (Å²) in [6.07, 6.45) is 0.477. The van der Waals surface area contributed by atoms with Crippen molar-refractivity contribution in [3.8, 4) is 11.1 Å². The summed E-state index contributed by atoms with van der Waals surface area (Å²) in [7, 11) is 0. The van der Waals surface area contributed by atoms with Gasteiger partial charge in [0.15, 0.2) is 0 Å². The minimum atomic E-state index is -0.618. The van der Waals surface area contributed by atoms with Crippen molar-refractivity contribution in [1.82, 2.24) is 0 Å². The highest BCUT2D eigenvalue weighted by atomic mass is 35.5. The van der Waals surface area contributed by atoms with E-state index in [2.05, 4.69) is 12.1 Å². The van der Waals surface area contributed by atoms with Crippen molar-refractivity contribution in [2.75, 3.05) is 0 Å². The number of nitrogens with two attached hydrogens (primary N) is 2. The van der Waals surface area contributed by atoms with Crippen molar-refractivity contribution in [2.24, 2.45) is 11.5 Å². The largest absolute Gasteiger partial charge is 0.368 e. The molecule has 0 aromatic heterocycles. The summed E-state index contributed by atoms with van der Waals surface area (Å²) in [4.78, 5) is 10.9. The molecular weight excluding hydrogens is 260 g/mol. The lowest BCUT2D eigenvalue weighted by molar-refractivity contribution is -0.119. The average Bonchev–Trinajstić information content (AvgIpc) is 2.40. The molecule has 0 aliphatic carbocycles. The summed E-state index contributed by atoms with van der Waals surface area (Å²) in [5, 5.41) is 0. The van der Waals surface area contributed by atoms with Crippen LogP contribution in [0.5, 0.6) is 0 Å². The molecule has 0 bridgehead atoms. The molecule has 0 heterocycles. The molecule has 1 amide bonds. The number of hydrogen-bond acceptors (Lipinski definition) is 2. The minimum Gasteiger partial charge on any atom is -0.368 e. The molecule has 2 aromatic rings. The molecule has 0 aliphatic rings. The highest BCUT2D eigenvalue weighted by molar-refractivity contribution is 5.85. The van der Waals surface area contributed by atoms with Crippen molar-refractivity contribution in [1.29, 1.82) is 0 Å². The monoisotopic (exact) mass is 276 g/mol. The van der Waals surface area contributed by atoms with E-state index in [0.29, 0.717) is 6.42 Å². The van der Waals surface area contributed by atoms with Gasteiger partial charge in [0.05, 0.1) is 6.04 Å². The predicted octanol–water partition coefficient (Wildman–Crippen LogP) is 2.13. The molecule has 3 nitrogen and oxygen atoms in total. The van der Waals surface area contributed by atoms with Crippen LogP contribution >= 0.6 is 12.4 Å². The zero-order valence-electron chi connectivity index (χ0n) is 10.5. The van der Waals surface area contributed by atoms with Gasteiger partial charge < -0.3 is 11.5 Å². The Morgan fingerprint density at radius 1 is 0.947 bits per heavy atom. The molecule has 100 valence electrons. The van der Waals surface area contributed by atoms with E-state index in [1.807, 2.05) is 42.5 Å². The summed E-state index contributed by atoms with van der Waals surface area (Å²) in [5.74, 6) is -0.470. The van der Waals surface area contributed by atoms with Gasteiger partial charge in [0.2, 0.25) is 5.91 Å². The van der Waals surface area contributed by atoms with E-state index in [1.54, 1.807) is 0 Å². The SMILES string of the molecule is Cl.NC(=O)[C@H](N)Cc1ccc(-c2ccccc2)cc1. The van der Waals surface area contributed by atoms with Gasteiger partial charge in [-0.25, -0.2) is 0 Å². The van der Waals surface area contributed by atoms with Crippen LogP contribution in [0.2, 0.25) is 0 Å². The number of carbonyl (C=O) groups is 1. The van der Waals surface area contributed by atoms with Crippen LogP contribution in [-0.2, 0) is 11.2 Å². The second-order valence-electron chi connectivity index (χ2n) is 4.28. The van der Waals surface area contributed by atoms with Crippen LogP contribution < -0.4 is 11.5 Å². The molecule has 19 heavy (non-hydrogen) atoms. The Morgan fingerprint density at radius 3 is 2.00 bits per heavy atom. The van der Waals surface area contributed by atoms with Gasteiger partial charge in [0.1, 0.15) is 0 Å². The van der Waals surface area contributed by atoms with Gasteiger partial charge in [0.25, 0.3) is 0 Å². The summed E-state index contributed by atoms with van der Waals surface area (Å²) in [6.45, 7) is 0. The maximum absolute atomic E-state index is 10.9.